The van der Waals surface area contributed by atoms with Crippen LogP contribution in [0.4, 0.5) is 0 Å². The monoisotopic (exact) mass is 480 g/mol. The smallest absolute Gasteiger partial charge is 0.183 e. The second-order valence-electron chi connectivity index (χ2n) is 9.38. The summed E-state index contributed by atoms with van der Waals surface area (Å²) >= 11 is 7.19. The van der Waals surface area contributed by atoms with E-state index >= 15 is 0 Å². The van der Waals surface area contributed by atoms with Crippen LogP contribution in [-0.4, -0.2) is 19.0 Å². The Hall–Kier alpha value is -3.14. The number of hydrogen-bond donors (Lipinski definition) is 0. The Morgan fingerprint density at radius 1 is 0.529 bits per heavy atom. The Morgan fingerprint density at radius 2 is 0.912 bits per heavy atom. The molecule has 0 radical (unpaired) electrons. The number of alkyl halides is 1. The summed E-state index contributed by atoms with van der Waals surface area (Å²) in [5.74, 6) is -0.508. The van der Waals surface area contributed by atoms with Gasteiger partial charge in [-0.25, -0.2) is 8.42 Å². The van der Waals surface area contributed by atoms with Gasteiger partial charge in [0.1, 0.15) is 0 Å². The summed E-state index contributed by atoms with van der Waals surface area (Å²) in [7, 11) is -3.67. The van der Waals surface area contributed by atoms with Crippen molar-refractivity contribution in [2.75, 3.05) is 0 Å². The van der Waals surface area contributed by atoms with Crippen molar-refractivity contribution in [3.63, 3.8) is 0 Å². The Bertz CT molecular complexity index is 1620. The molecule has 0 amide bonds. The first-order valence-corrected chi connectivity index (χ1v) is 13.5. The molecule has 2 nitrogen and oxygen atoms in total. The van der Waals surface area contributed by atoms with Crippen LogP contribution in [0.5, 0.6) is 0 Å². The second-order valence-corrected chi connectivity index (χ2v) is 12.0. The highest BCUT2D eigenvalue weighted by Crippen LogP contribution is 2.58. The van der Waals surface area contributed by atoms with Crippen molar-refractivity contribution in [3.05, 3.63) is 125 Å². The summed E-state index contributed by atoms with van der Waals surface area (Å²) < 4.78 is 28.1. The fraction of sp³-hybridized carbons (Fsp3) is 0.133. The minimum atomic E-state index is -3.67. The third-order valence-corrected chi connectivity index (χ3v) is 10.5. The van der Waals surface area contributed by atoms with Crippen LogP contribution in [0.3, 0.4) is 0 Å². The first-order chi connectivity index (χ1) is 16.5. The molecule has 0 heterocycles. The maximum absolute atomic E-state index is 14.0. The number of sulfone groups is 1. The minimum Gasteiger partial charge on any atom is -0.223 e. The second kappa shape index (κ2) is 7.18. The zero-order valence-corrected chi connectivity index (χ0v) is 19.8. The molecule has 0 saturated carbocycles. The van der Waals surface area contributed by atoms with E-state index in [1.54, 1.807) is 24.3 Å². The van der Waals surface area contributed by atoms with Gasteiger partial charge in [-0.15, -0.1) is 11.6 Å². The van der Waals surface area contributed by atoms with Crippen molar-refractivity contribution in [2.24, 2.45) is 0 Å². The summed E-state index contributed by atoms with van der Waals surface area (Å²) in [6.45, 7) is 0. The topological polar surface area (TPSA) is 34.1 Å². The van der Waals surface area contributed by atoms with Gasteiger partial charge in [-0.2, -0.15) is 0 Å². The van der Waals surface area contributed by atoms with E-state index in [0.29, 0.717) is 4.90 Å². The lowest BCUT2D eigenvalue weighted by Crippen LogP contribution is -2.48. The average Bonchev–Trinajstić information content (AvgIpc) is 2.87. The number of halogens is 1. The van der Waals surface area contributed by atoms with Gasteiger partial charge in [0.25, 0.3) is 0 Å². The van der Waals surface area contributed by atoms with Gasteiger partial charge >= 0.3 is 0 Å². The van der Waals surface area contributed by atoms with Crippen LogP contribution in [0.1, 0.15) is 34.1 Å². The van der Waals surface area contributed by atoms with Crippen molar-refractivity contribution in [2.45, 2.75) is 27.4 Å². The van der Waals surface area contributed by atoms with Gasteiger partial charge in [0, 0.05) is 11.8 Å². The lowest BCUT2D eigenvalue weighted by Gasteiger charge is -2.48. The minimum absolute atomic E-state index is 0.186. The average molecular weight is 481 g/mol. The van der Waals surface area contributed by atoms with Gasteiger partial charge < -0.3 is 0 Å². The van der Waals surface area contributed by atoms with Crippen molar-refractivity contribution < 1.29 is 8.42 Å². The van der Waals surface area contributed by atoms with Crippen LogP contribution in [0, 0.1) is 0 Å². The first-order valence-electron chi connectivity index (χ1n) is 11.5. The quantitative estimate of drug-likeness (QED) is 0.254. The van der Waals surface area contributed by atoms with E-state index < -0.39 is 20.5 Å². The third kappa shape index (κ3) is 2.71. The molecule has 0 saturated heterocycles. The molecule has 3 aliphatic carbocycles. The molecule has 0 N–H and O–H groups in total. The molecule has 0 spiro atoms. The summed E-state index contributed by atoms with van der Waals surface area (Å²) in [6.07, 6.45) is 0. The van der Waals surface area contributed by atoms with E-state index in [-0.39, 0.29) is 11.8 Å². The molecular weight excluding hydrogens is 460 g/mol. The molecule has 0 fully saturated rings. The van der Waals surface area contributed by atoms with E-state index in [0.717, 1.165) is 43.8 Å². The molecule has 5 aromatic carbocycles. The summed E-state index contributed by atoms with van der Waals surface area (Å²) in [4.78, 5) is 0.336. The third-order valence-electron chi connectivity index (χ3n) is 7.63. The molecule has 3 aliphatic rings. The Morgan fingerprint density at radius 3 is 1.35 bits per heavy atom. The largest absolute Gasteiger partial charge is 0.223 e. The predicted molar refractivity (Wildman–Crippen MR) is 139 cm³/mol. The molecule has 8 rings (SSSR count). The Labute approximate surface area is 203 Å². The van der Waals surface area contributed by atoms with Crippen LogP contribution in [0.2, 0.25) is 0 Å². The lowest BCUT2D eigenvalue weighted by molar-refractivity contribution is 0.499. The predicted octanol–water partition coefficient (Wildman–Crippen LogP) is 7.03. The van der Waals surface area contributed by atoms with Gasteiger partial charge in [-0.3, -0.25) is 0 Å². The lowest BCUT2D eigenvalue weighted by atomic mass is 9.62. The van der Waals surface area contributed by atoms with Crippen molar-refractivity contribution >= 4 is 43.0 Å². The zero-order valence-electron chi connectivity index (χ0n) is 18.2. The zero-order chi connectivity index (χ0) is 23.0. The van der Waals surface area contributed by atoms with E-state index in [4.69, 9.17) is 11.6 Å². The van der Waals surface area contributed by atoms with Crippen LogP contribution >= 0.6 is 11.6 Å². The number of hydrogen-bond acceptors (Lipinski definition) is 2. The highest BCUT2D eigenvalue weighted by molar-refractivity contribution is 7.92. The normalized spacial score (nSPS) is 23.1. The summed E-state index contributed by atoms with van der Waals surface area (Å²) in [5, 5.41) is 3.27. The SMILES string of the molecule is O=S(=O)(c1ccccc1)C1C2c3cc4ccccc4cc3C(c3cc4ccccc4cc32)C1Cl. The van der Waals surface area contributed by atoms with Gasteiger partial charge in [-0.05, 0) is 55.9 Å². The van der Waals surface area contributed by atoms with E-state index in [2.05, 4.69) is 48.5 Å². The van der Waals surface area contributed by atoms with Crippen LogP contribution in [0.15, 0.2) is 108 Å². The standard InChI is InChI=1S/C30H21ClO2S/c31-29-27-23-14-18-8-4-6-10-20(18)16-25(23)28(30(29)34(32,33)22-12-2-1-3-13-22)26-17-21-11-7-5-9-19(21)15-24(26)27/h1-17,27-30H. The van der Waals surface area contributed by atoms with Crippen LogP contribution < -0.4 is 0 Å². The molecule has 5 aromatic rings. The Balaban J connectivity index is 1.55. The molecule has 2 unspecified atom stereocenters. The summed E-state index contributed by atoms with van der Waals surface area (Å²) in [5.41, 5.74) is 4.50. The maximum atomic E-state index is 14.0. The molecule has 166 valence electrons. The highest BCUT2D eigenvalue weighted by atomic mass is 35.5. The van der Waals surface area contributed by atoms with Crippen LogP contribution in [0.25, 0.3) is 21.5 Å². The van der Waals surface area contributed by atoms with Crippen molar-refractivity contribution in [1.29, 1.82) is 0 Å². The highest BCUT2D eigenvalue weighted by Gasteiger charge is 2.54. The van der Waals surface area contributed by atoms with Gasteiger partial charge in [0.2, 0.25) is 0 Å². The number of rotatable bonds is 2. The molecule has 4 heteroatoms. The van der Waals surface area contributed by atoms with Crippen molar-refractivity contribution in [3.8, 4) is 0 Å². The van der Waals surface area contributed by atoms with E-state index in [9.17, 15) is 8.42 Å². The Kier molecular flexibility index (Phi) is 4.28. The summed E-state index contributed by atoms with van der Waals surface area (Å²) in [6, 6.07) is 34.1. The molecule has 0 aromatic heterocycles. The van der Waals surface area contributed by atoms with Gasteiger partial charge in [0.05, 0.1) is 15.5 Å². The molecule has 2 bridgehead atoms. The van der Waals surface area contributed by atoms with Gasteiger partial charge in [0.15, 0.2) is 9.84 Å². The molecule has 2 atom stereocenters. The van der Waals surface area contributed by atoms with E-state index in [1.165, 1.54) is 0 Å². The van der Waals surface area contributed by atoms with E-state index in [1.807, 2.05) is 30.3 Å². The maximum Gasteiger partial charge on any atom is 0.183 e. The number of benzene rings is 5. The fourth-order valence-electron chi connectivity index (χ4n) is 6.15. The fourth-order valence-corrected chi connectivity index (χ4v) is 8.98. The van der Waals surface area contributed by atoms with Gasteiger partial charge in [-0.1, -0.05) is 91.0 Å². The molecular formula is C30H21ClO2S. The number of fused-ring (bicyclic) bond motifs is 3. The molecule has 0 aliphatic heterocycles. The van der Waals surface area contributed by atoms with Crippen molar-refractivity contribution in [1.82, 2.24) is 0 Å². The molecule has 34 heavy (non-hydrogen) atoms. The first kappa shape index (κ1) is 20.3. The van der Waals surface area contributed by atoms with Crippen LogP contribution in [-0.2, 0) is 9.84 Å².